The summed E-state index contributed by atoms with van der Waals surface area (Å²) in [6, 6.07) is 12.6. The number of hydrogen-bond donors (Lipinski definition) is 4. The maximum atomic E-state index is 12.6. The average molecular weight is 540 g/mol. The molecule has 0 saturated carbocycles. The number of halogens is 1. The van der Waals surface area contributed by atoms with Gasteiger partial charge >= 0.3 is 11.9 Å². The number of aryl methyl sites for hydroxylation is 1. The molecule has 0 aliphatic rings. The SMILES string of the molecule is Cc1cc(NS(=O)(=O)c2ccc(NC(c3ccc(Br)cc3)C(C(=O)O)C(=O)O)cc2)ns1. The number of carboxylic acids is 2. The molecule has 3 aromatic rings. The molecule has 1 unspecified atom stereocenters. The number of carboxylic acid groups (broad SMARTS) is 2. The third kappa shape index (κ3) is 5.64. The fourth-order valence-electron chi connectivity index (χ4n) is 2.94. The van der Waals surface area contributed by atoms with Gasteiger partial charge in [-0.05, 0) is 66.5 Å². The summed E-state index contributed by atoms with van der Waals surface area (Å²) in [5.74, 6) is -4.55. The Hall–Kier alpha value is -2.96. The molecule has 168 valence electrons. The summed E-state index contributed by atoms with van der Waals surface area (Å²) in [5, 5.41) is 21.9. The van der Waals surface area contributed by atoms with Gasteiger partial charge in [0.25, 0.3) is 10.0 Å². The van der Waals surface area contributed by atoms with Crippen LogP contribution in [0.2, 0.25) is 0 Å². The molecule has 0 bridgehead atoms. The molecule has 9 nitrogen and oxygen atoms in total. The van der Waals surface area contributed by atoms with Crippen LogP contribution in [0.25, 0.3) is 0 Å². The Morgan fingerprint density at radius 2 is 1.62 bits per heavy atom. The van der Waals surface area contributed by atoms with Gasteiger partial charge in [-0.3, -0.25) is 14.3 Å². The van der Waals surface area contributed by atoms with Gasteiger partial charge < -0.3 is 15.5 Å². The predicted molar refractivity (Wildman–Crippen MR) is 123 cm³/mol. The molecular formula is C20H18BrN3O6S2. The summed E-state index contributed by atoms with van der Waals surface area (Å²) in [7, 11) is -3.87. The Morgan fingerprint density at radius 3 is 2.12 bits per heavy atom. The van der Waals surface area contributed by atoms with Gasteiger partial charge in [0.2, 0.25) is 0 Å². The van der Waals surface area contributed by atoms with Gasteiger partial charge in [0, 0.05) is 15.0 Å². The van der Waals surface area contributed by atoms with Crippen LogP contribution in [-0.4, -0.2) is 34.9 Å². The van der Waals surface area contributed by atoms with Crippen molar-refractivity contribution < 1.29 is 28.2 Å². The van der Waals surface area contributed by atoms with E-state index in [0.29, 0.717) is 11.3 Å². The Kier molecular flexibility index (Phi) is 7.16. The molecule has 0 radical (unpaired) electrons. The second-order valence-corrected chi connectivity index (χ2v) is 10.4. The molecule has 1 atom stereocenters. The summed E-state index contributed by atoms with van der Waals surface area (Å²) >= 11 is 4.46. The number of carbonyl (C=O) groups is 2. The number of hydrogen-bond acceptors (Lipinski definition) is 7. The van der Waals surface area contributed by atoms with Crippen molar-refractivity contribution in [3.05, 3.63) is 69.5 Å². The van der Waals surface area contributed by atoms with Gasteiger partial charge in [-0.15, -0.1) is 0 Å². The molecular weight excluding hydrogens is 522 g/mol. The Labute approximate surface area is 196 Å². The van der Waals surface area contributed by atoms with Crippen LogP contribution in [0.3, 0.4) is 0 Å². The average Bonchev–Trinajstić information content (AvgIpc) is 3.12. The Bertz CT molecular complexity index is 1210. The highest BCUT2D eigenvalue weighted by Gasteiger charge is 2.36. The molecule has 2 aromatic carbocycles. The minimum Gasteiger partial charge on any atom is -0.481 e. The first-order valence-corrected chi connectivity index (χ1v) is 12.2. The maximum Gasteiger partial charge on any atom is 0.320 e. The van der Waals surface area contributed by atoms with Crippen LogP contribution in [-0.2, 0) is 19.6 Å². The number of sulfonamides is 1. The van der Waals surface area contributed by atoms with Crippen molar-refractivity contribution in [2.45, 2.75) is 17.9 Å². The monoisotopic (exact) mass is 539 g/mol. The first-order valence-electron chi connectivity index (χ1n) is 9.10. The van der Waals surface area contributed by atoms with Crippen molar-refractivity contribution in [2.24, 2.45) is 5.92 Å². The Balaban J connectivity index is 1.87. The van der Waals surface area contributed by atoms with E-state index in [-0.39, 0.29) is 10.7 Å². The van der Waals surface area contributed by atoms with E-state index in [2.05, 4.69) is 30.3 Å². The summed E-state index contributed by atoms with van der Waals surface area (Å²) in [6.07, 6.45) is 0. The molecule has 12 heteroatoms. The van der Waals surface area contributed by atoms with E-state index in [1.54, 1.807) is 37.3 Å². The zero-order chi connectivity index (χ0) is 23.5. The lowest BCUT2D eigenvalue weighted by Crippen LogP contribution is -2.34. The molecule has 3 rings (SSSR count). The highest BCUT2D eigenvalue weighted by molar-refractivity contribution is 9.10. The lowest BCUT2D eigenvalue weighted by Gasteiger charge is -2.24. The van der Waals surface area contributed by atoms with Crippen LogP contribution in [0.1, 0.15) is 16.5 Å². The summed E-state index contributed by atoms with van der Waals surface area (Å²) in [5.41, 5.74) is 0.800. The van der Waals surface area contributed by atoms with Gasteiger partial charge in [-0.1, -0.05) is 28.1 Å². The van der Waals surface area contributed by atoms with Crippen LogP contribution in [0.4, 0.5) is 11.5 Å². The van der Waals surface area contributed by atoms with E-state index < -0.39 is 33.9 Å². The van der Waals surface area contributed by atoms with Crippen molar-refractivity contribution in [3.8, 4) is 0 Å². The van der Waals surface area contributed by atoms with Crippen LogP contribution in [0, 0.1) is 12.8 Å². The number of anilines is 2. The highest BCUT2D eigenvalue weighted by Crippen LogP contribution is 2.29. The smallest absolute Gasteiger partial charge is 0.320 e. The minimum atomic E-state index is -3.87. The third-order valence-corrected chi connectivity index (χ3v) is 7.04. The molecule has 0 aliphatic carbocycles. The molecule has 0 spiro atoms. The largest absolute Gasteiger partial charge is 0.481 e. The van der Waals surface area contributed by atoms with E-state index in [9.17, 15) is 28.2 Å². The number of aliphatic carboxylic acids is 2. The zero-order valence-corrected chi connectivity index (χ0v) is 19.7. The molecule has 0 fully saturated rings. The fraction of sp³-hybridized carbons (Fsp3) is 0.150. The number of rotatable bonds is 9. The van der Waals surface area contributed by atoms with E-state index in [1.165, 1.54) is 35.8 Å². The predicted octanol–water partition coefficient (Wildman–Crippen LogP) is 3.95. The third-order valence-electron chi connectivity index (χ3n) is 4.45. The van der Waals surface area contributed by atoms with Crippen LogP contribution in [0.5, 0.6) is 0 Å². The van der Waals surface area contributed by atoms with Gasteiger partial charge in [0.05, 0.1) is 10.9 Å². The molecule has 32 heavy (non-hydrogen) atoms. The van der Waals surface area contributed by atoms with Gasteiger partial charge in [0.1, 0.15) is 0 Å². The first-order chi connectivity index (χ1) is 15.1. The zero-order valence-electron chi connectivity index (χ0n) is 16.5. The summed E-state index contributed by atoms with van der Waals surface area (Å²) in [6.45, 7) is 1.80. The quantitative estimate of drug-likeness (QED) is 0.299. The van der Waals surface area contributed by atoms with Gasteiger partial charge in [-0.2, -0.15) is 4.37 Å². The van der Waals surface area contributed by atoms with Crippen LogP contribution in [0.15, 0.2) is 64.0 Å². The number of aromatic nitrogens is 1. The van der Waals surface area contributed by atoms with Crippen molar-refractivity contribution in [2.75, 3.05) is 10.0 Å². The number of benzene rings is 2. The first kappa shape index (κ1) is 23.7. The maximum absolute atomic E-state index is 12.6. The summed E-state index contributed by atoms with van der Waals surface area (Å²) in [4.78, 5) is 24.1. The number of nitrogens with zero attached hydrogens (tertiary/aromatic N) is 1. The number of nitrogens with one attached hydrogen (secondary N) is 2. The van der Waals surface area contributed by atoms with E-state index in [0.717, 1.165) is 9.35 Å². The molecule has 1 heterocycles. The molecule has 4 N–H and O–H groups in total. The second kappa shape index (κ2) is 9.67. The fourth-order valence-corrected chi connectivity index (χ4v) is 4.76. The highest BCUT2D eigenvalue weighted by atomic mass is 79.9. The van der Waals surface area contributed by atoms with Crippen molar-refractivity contribution >= 4 is 60.9 Å². The molecule has 1 aromatic heterocycles. The van der Waals surface area contributed by atoms with Gasteiger partial charge in [-0.25, -0.2) is 8.42 Å². The van der Waals surface area contributed by atoms with Crippen molar-refractivity contribution in [3.63, 3.8) is 0 Å². The van der Waals surface area contributed by atoms with Gasteiger partial charge in [0.15, 0.2) is 11.7 Å². The lowest BCUT2D eigenvalue weighted by molar-refractivity contribution is -0.155. The van der Waals surface area contributed by atoms with Crippen LogP contribution < -0.4 is 10.0 Å². The molecule has 0 saturated heterocycles. The second-order valence-electron chi connectivity index (χ2n) is 6.78. The van der Waals surface area contributed by atoms with E-state index >= 15 is 0 Å². The van der Waals surface area contributed by atoms with E-state index in [1.807, 2.05) is 0 Å². The minimum absolute atomic E-state index is 0.0260. The van der Waals surface area contributed by atoms with E-state index in [4.69, 9.17) is 0 Å². The standard InChI is InChI=1S/C20H18BrN3O6S2/c1-11-10-16(23-31-11)24-32(29,30)15-8-6-14(7-9-15)22-18(17(19(25)26)20(27)28)12-2-4-13(21)5-3-12/h2-10,17-18,22H,1H3,(H,23,24)(H,25,26)(H,27,28). The lowest BCUT2D eigenvalue weighted by atomic mass is 9.92. The molecule has 0 aliphatic heterocycles. The normalized spacial score (nSPS) is 12.3. The Morgan fingerprint density at radius 1 is 1.03 bits per heavy atom. The van der Waals surface area contributed by atoms with Crippen LogP contribution >= 0.6 is 27.5 Å². The van der Waals surface area contributed by atoms with Crippen molar-refractivity contribution in [1.29, 1.82) is 0 Å². The summed E-state index contributed by atoms with van der Waals surface area (Å²) < 4.78 is 32.3. The molecule has 0 amide bonds. The topological polar surface area (TPSA) is 146 Å². The van der Waals surface area contributed by atoms with Crippen molar-refractivity contribution in [1.82, 2.24) is 4.37 Å².